The van der Waals surface area contributed by atoms with E-state index >= 15 is 0 Å². The molecule has 0 amide bonds. The molecule has 128 valence electrons. The van der Waals surface area contributed by atoms with Crippen molar-refractivity contribution >= 4 is 14.8 Å². The molecule has 1 rings (SSSR count). The summed E-state index contributed by atoms with van der Waals surface area (Å²) in [4.78, 5) is 11.4. The Labute approximate surface area is 135 Å². The Hall–Kier alpha value is -0.693. The topological polar surface area (TPSA) is 54.0 Å². The summed E-state index contributed by atoms with van der Waals surface area (Å²) < 4.78 is 23.2. The monoisotopic (exact) mass is 330 g/mol. The first-order valence-electron chi connectivity index (χ1n) is 8.30. The number of esters is 1. The molecule has 0 radical (unpaired) electrons. The van der Waals surface area contributed by atoms with Crippen molar-refractivity contribution in [2.24, 2.45) is 0 Å². The molecule has 0 aromatic rings. The lowest BCUT2D eigenvalue weighted by molar-refractivity contribution is -0.140. The average molecular weight is 330 g/mol. The number of hydrogen-bond acceptors (Lipinski definition) is 5. The zero-order valence-corrected chi connectivity index (χ0v) is 15.2. The van der Waals surface area contributed by atoms with Crippen LogP contribution in [0.5, 0.6) is 0 Å². The minimum atomic E-state index is -2.71. The van der Waals surface area contributed by atoms with Gasteiger partial charge in [0.05, 0.1) is 6.61 Å². The second-order valence-corrected chi connectivity index (χ2v) is 8.46. The molecule has 0 aromatic heterocycles. The molecule has 0 N–H and O–H groups in total. The molecule has 0 atom stereocenters. The Balaban J connectivity index is 2.59. The third-order valence-electron chi connectivity index (χ3n) is 3.76. The quantitative estimate of drug-likeness (QED) is 0.266. The summed E-state index contributed by atoms with van der Waals surface area (Å²) >= 11 is 0. The molecule has 0 bridgehead atoms. The molecule has 1 aliphatic carbocycles. The standard InChI is InChI=1S/C16H30O5Si/c1-5-19-22(20-6-2,15-10-8-7-9-11-15)21-13-12-18-16(17)14(3)4/h15H,3,5-13H2,1-2,4H3. The van der Waals surface area contributed by atoms with Crippen molar-refractivity contribution in [3.63, 3.8) is 0 Å². The molecule has 1 saturated carbocycles. The van der Waals surface area contributed by atoms with Gasteiger partial charge in [-0.25, -0.2) is 4.79 Å². The predicted octanol–water partition coefficient (Wildman–Crippen LogP) is 3.47. The van der Waals surface area contributed by atoms with Crippen LogP contribution in [0.1, 0.15) is 52.9 Å². The lowest BCUT2D eigenvalue weighted by Crippen LogP contribution is -2.51. The van der Waals surface area contributed by atoms with Gasteiger partial charge in [0.2, 0.25) is 0 Å². The van der Waals surface area contributed by atoms with Gasteiger partial charge < -0.3 is 18.0 Å². The number of hydrogen-bond donors (Lipinski definition) is 0. The highest BCUT2D eigenvalue weighted by molar-refractivity contribution is 6.62. The average Bonchev–Trinajstić information content (AvgIpc) is 2.52. The SMILES string of the molecule is C=C(C)C(=O)OCCO[Si](OCC)(OCC)C1CCCCC1. The highest BCUT2D eigenvalue weighted by atomic mass is 28.4. The van der Waals surface area contributed by atoms with E-state index in [1.807, 2.05) is 13.8 Å². The van der Waals surface area contributed by atoms with Crippen LogP contribution in [-0.2, 0) is 22.8 Å². The van der Waals surface area contributed by atoms with Crippen LogP contribution < -0.4 is 0 Å². The van der Waals surface area contributed by atoms with Crippen molar-refractivity contribution < 1.29 is 22.8 Å². The fourth-order valence-corrected chi connectivity index (χ4v) is 6.02. The second-order valence-electron chi connectivity index (χ2n) is 5.57. The molecule has 0 heterocycles. The van der Waals surface area contributed by atoms with Gasteiger partial charge in [-0.1, -0.05) is 25.8 Å². The van der Waals surface area contributed by atoms with Crippen LogP contribution in [-0.4, -0.2) is 41.2 Å². The molecule has 6 heteroatoms. The van der Waals surface area contributed by atoms with Gasteiger partial charge in [0, 0.05) is 24.3 Å². The Kier molecular flexibility index (Phi) is 8.93. The smallest absolute Gasteiger partial charge is 0.460 e. The van der Waals surface area contributed by atoms with Gasteiger partial charge in [-0.15, -0.1) is 0 Å². The van der Waals surface area contributed by atoms with Crippen molar-refractivity contribution in [1.29, 1.82) is 0 Å². The molecular formula is C16H30O5Si. The van der Waals surface area contributed by atoms with E-state index in [0.29, 0.717) is 30.9 Å². The van der Waals surface area contributed by atoms with Gasteiger partial charge >= 0.3 is 14.8 Å². The summed E-state index contributed by atoms with van der Waals surface area (Å²) in [5.41, 5.74) is 0.753. The highest BCUT2D eigenvalue weighted by Crippen LogP contribution is 2.38. The van der Waals surface area contributed by atoms with Crippen LogP contribution in [0.2, 0.25) is 5.54 Å². The van der Waals surface area contributed by atoms with Gasteiger partial charge in [-0.3, -0.25) is 0 Å². The Morgan fingerprint density at radius 1 is 1.05 bits per heavy atom. The van der Waals surface area contributed by atoms with Crippen molar-refractivity contribution in [2.75, 3.05) is 26.4 Å². The molecule has 22 heavy (non-hydrogen) atoms. The minimum absolute atomic E-state index is 0.202. The van der Waals surface area contributed by atoms with E-state index in [0.717, 1.165) is 12.8 Å². The van der Waals surface area contributed by atoms with Gasteiger partial charge in [0.25, 0.3) is 0 Å². The van der Waals surface area contributed by atoms with Crippen molar-refractivity contribution in [3.05, 3.63) is 12.2 Å². The fraction of sp³-hybridized carbons (Fsp3) is 0.812. The predicted molar refractivity (Wildman–Crippen MR) is 87.6 cm³/mol. The molecule has 1 aliphatic rings. The van der Waals surface area contributed by atoms with Crippen LogP contribution in [0.25, 0.3) is 0 Å². The zero-order chi connectivity index (χ0) is 16.4. The van der Waals surface area contributed by atoms with E-state index in [1.165, 1.54) is 19.3 Å². The minimum Gasteiger partial charge on any atom is -0.460 e. The van der Waals surface area contributed by atoms with Crippen LogP contribution in [0, 0.1) is 0 Å². The van der Waals surface area contributed by atoms with Gasteiger partial charge in [0.15, 0.2) is 0 Å². The summed E-state index contributed by atoms with van der Waals surface area (Å²) in [6.45, 7) is 10.8. The Morgan fingerprint density at radius 3 is 2.14 bits per heavy atom. The first-order valence-corrected chi connectivity index (χ1v) is 10.1. The summed E-state index contributed by atoms with van der Waals surface area (Å²) in [7, 11) is -2.71. The maximum Gasteiger partial charge on any atom is 0.504 e. The van der Waals surface area contributed by atoms with E-state index in [9.17, 15) is 4.79 Å². The number of rotatable bonds is 10. The summed E-state index contributed by atoms with van der Waals surface area (Å²) in [6.07, 6.45) is 5.87. The van der Waals surface area contributed by atoms with Crippen LogP contribution >= 0.6 is 0 Å². The maximum absolute atomic E-state index is 11.4. The molecule has 0 saturated heterocycles. The second kappa shape index (κ2) is 10.2. The summed E-state index contributed by atoms with van der Waals surface area (Å²) in [5, 5.41) is 0. The van der Waals surface area contributed by atoms with Crippen molar-refractivity contribution in [3.8, 4) is 0 Å². The molecule has 0 aliphatic heterocycles. The molecule has 0 spiro atoms. The number of carbonyl (C=O) groups is 1. The molecule has 0 unspecified atom stereocenters. The van der Waals surface area contributed by atoms with Gasteiger partial charge in [-0.05, 0) is 33.6 Å². The first-order chi connectivity index (χ1) is 10.6. The van der Waals surface area contributed by atoms with Crippen LogP contribution in [0.3, 0.4) is 0 Å². The molecule has 5 nitrogen and oxygen atoms in total. The molecule has 0 aromatic carbocycles. The summed E-state index contributed by atoms with van der Waals surface area (Å²) in [6, 6.07) is 0. The number of carbonyl (C=O) groups excluding carboxylic acids is 1. The maximum atomic E-state index is 11.4. The molecular weight excluding hydrogens is 300 g/mol. The summed E-state index contributed by atoms with van der Waals surface area (Å²) in [5.74, 6) is -0.388. The normalized spacial score (nSPS) is 16.5. The largest absolute Gasteiger partial charge is 0.504 e. The third kappa shape index (κ3) is 5.83. The van der Waals surface area contributed by atoms with Crippen molar-refractivity contribution in [1.82, 2.24) is 0 Å². The van der Waals surface area contributed by atoms with E-state index in [-0.39, 0.29) is 12.6 Å². The van der Waals surface area contributed by atoms with E-state index in [2.05, 4.69) is 6.58 Å². The number of ether oxygens (including phenoxy) is 1. The zero-order valence-electron chi connectivity index (χ0n) is 14.2. The van der Waals surface area contributed by atoms with Gasteiger partial charge in [-0.2, -0.15) is 0 Å². The van der Waals surface area contributed by atoms with E-state index in [1.54, 1.807) is 6.92 Å². The third-order valence-corrected chi connectivity index (χ3v) is 7.33. The van der Waals surface area contributed by atoms with Crippen molar-refractivity contribution in [2.45, 2.75) is 58.4 Å². The Morgan fingerprint density at radius 2 is 1.64 bits per heavy atom. The first kappa shape index (κ1) is 19.4. The van der Waals surface area contributed by atoms with Crippen LogP contribution in [0.15, 0.2) is 12.2 Å². The van der Waals surface area contributed by atoms with E-state index in [4.69, 9.17) is 18.0 Å². The Bertz CT molecular complexity index is 346. The lowest BCUT2D eigenvalue weighted by atomic mass is 10.0. The fourth-order valence-electron chi connectivity index (χ4n) is 2.78. The molecule has 1 fully saturated rings. The lowest BCUT2D eigenvalue weighted by Gasteiger charge is -2.37. The highest BCUT2D eigenvalue weighted by Gasteiger charge is 2.49. The van der Waals surface area contributed by atoms with Crippen LogP contribution in [0.4, 0.5) is 0 Å². The van der Waals surface area contributed by atoms with Gasteiger partial charge in [0.1, 0.15) is 6.61 Å². The van der Waals surface area contributed by atoms with E-state index < -0.39 is 8.80 Å².